The van der Waals surface area contributed by atoms with E-state index < -0.39 is 11.8 Å². The van der Waals surface area contributed by atoms with Gasteiger partial charge in [-0.2, -0.15) is 0 Å². The van der Waals surface area contributed by atoms with Crippen LogP contribution in [0.15, 0.2) is 30.5 Å². The molecule has 1 atom stereocenters. The fourth-order valence-corrected chi connectivity index (χ4v) is 2.45. The van der Waals surface area contributed by atoms with Crippen LogP contribution in [0.2, 0.25) is 0 Å². The molecular weight excluding hydrogens is 316 g/mol. The van der Waals surface area contributed by atoms with Gasteiger partial charge in [0.05, 0.1) is 18.7 Å². The van der Waals surface area contributed by atoms with Crippen molar-refractivity contribution in [2.45, 2.75) is 13.3 Å². The zero-order chi connectivity index (χ0) is 16.7. The summed E-state index contributed by atoms with van der Waals surface area (Å²) >= 11 is 0.998. The Morgan fingerprint density at radius 1 is 1.35 bits per heavy atom. The Labute approximate surface area is 138 Å². The molecule has 0 aliphatic heterocycles. The van der Waals surface area contributed by atoms with E-state index in [9.17, 15) is 9.59 Å². The summed E-state index contributed by atoms with van der Waals surface area (Å²) in [5, 5.41) is 6.29. The molecule has 0 saturated carbocycles. The van der Waals surface area contributed by atoms with Gasteiger partial charge in [-0.05, 0) is 42.6 Å². The number of rotatable bonds is 8. The molecule has 2 rings (SSSR count). The minimum Gasteiger partial charge on any atom is -0.494 e. The van der Waals surface area contributed by atoms with Crippen molar-refractivity contribution in [3.8, 4) is 5.75 Å². The topological polar surface area (TPSA) is 107 Å². The average Bonchev–Trinajstić information content (AvgIpc) is 3.07. The van der Waals surface area contributed by atoms with Gasteiger partial charge in [0, 0.05) is 6.54 Å². The van der Waals surface area contributed by atoms with E-state index >= 15 is 0 Å². The van der Waals surface area contributed by atoms with Gasteiger partial charge >= 0.3 is 0 Å². The maximum absolute atomic E-state index is 11.9. The van der Waals surface area contributed by atoms with E-state index in [2.05, 4.69) is 14.9 Å². The van der Waals surface area contributed by atoms with E-state index in [0.717, 1.165) is 22.8 Å². The van der Waals surface area contributed by atoms with Crippen molar-refractivity contribution in [1.29, 1.82) is 0 Å². The maximum Gasteiger partial charge on any atom is 0.264 e. The number of hydrogen-bond acceptors (Lipinski definition) is 6. The lowest BCUT2D eigenvalue weighted by Gasteiger charge is -2.14. The summed E-state index contributed by atoms with van der Waals surface area (Å²) in [5.74, 6) is -0.477. The molecular formula is C15H18N4O3S. The Morgan fingerprint density at radius 2 is 2.09 bits per heavy atom. The van der Waals surface area contributed by atoms with Crippen LogP contribution in [0.5, 0.6) is 5.75 Å². The molecule has 0 spiro atoms. The van der Waals surface area contributed by atoms with Crippen molar-refractivity contribution in [2.24, 2.45) is 11.7 Å². The number of aromatic nitrogens is 2. The Kier molecular flexibility index (Phi) is 6.04. The van der Waals surface area contributed by atoms with Gasteiger partial charge in [0.25, 0.3) is 5.91 Å². The first-order valence-corrected chi connectivity index (χ1v) is 7.94. The van der Waals surface area contributed by atoms with Crippen LogP contribution in [0.1, 0.15) is 22.2 Å². The third kappa shape index (κ3) is 5.03. The SMILES string of the molecule is CCOc1ccc(CC(CNC(=O)c2cnns2)C(N)=O)cc1. The first kappa shape index (κ1) is 16.9. The second-order valence-corrected chi connectivity index (χ2v) is 5.66. The van der Waals surface area contributed by atoms with Crippen LogP contribution >= 0.6 is 11.5 Å². The first-order valence-electron chi connectivity index (χ1n) is 7.16. The predicted molar refractivity (Wildman–Crippen MR) is 86.2 cm³/mol. The van der Waals surface area contributed by atoms with Gasteiger partial charge in [-0.3, -0.25) is 9.59 Å². The van der Waals surface area contributed by atoms with E-state index in [-0.39, 0.29) is 12.5 Å². The molecule has 0 fully saturated rings. The van der Waals surface area contributed by atoms with E-state index in [0.29, 0.717) is 17.9 Å². The molecule has 122 valence electrons. The van der Waals surface area contributed by atoms with E-state index in [1.54, 1.807) is 0 Å². The zero-order valence-corrected chi connectivity index (χ0v) is 13.5. The summed E-state index contributed by atoms with van der Waals surface area (Å²) in [6.07, 6.45) is 1.83. The van der Waals surface area contributed by atoms with E-state index in [4.69, 9.17) is 10.5 Å². The Morgan fingerprint density at radius 3 is 2.65 bits per heavy atom. The molecule has 2 amide bonds. The van der Waals surface area contributed by atoms with Crippen LogP contribution < -0.4 is 15.8 Å². The highest BCUT2D eigenvalue weighted by atomic mass is 32.1. The maximum atomic E-state index is 11.9. The van der Waals surface area contributed by atoms with Crippen LogP contribution in [0.25, 0.3) is 0 Å². The van der Waals surface area contributed by atoms with Crippen molar-refractivity contribution >= 4 is 23.3 Å². The van der Waals surface area contributed by atoms with E-state index in [1.165, 1.54) is 6.20 Å². The molecule has 8 heteroatoms. The number of hydrogen-bond donors (Lipinski definition) is 2. The predicted octanol–water partition coefficient (Wildman–Crippen LogP) is 1.01. The number of nitrogens with one attached hydrogen (secondary N) is 1. The number of nitrogens with two attached hydrogens (primary N) is 1. The van der Waals surface area contributed by atoms with Crippen molar-refractivity contribution in [2.75, 3.05) is 13.2 Å². The molecule has 1 aromatic carbocycles. The summed E-state index contributed by atoms with van der Waals surface area (Å²) in [6, 6.07) is 7.46. The fourth-order valence-electron chi connectivity index (χ4n) is 2.02. The zero-order valence-electron chi connectivity index (χ0n) is 12.7. The normalized spacial score (nSPS) is 11.7. The summed E-state index contributed by atoms with van der Waals surface area (Å²) in [5.41, 5.74) is 6.38. The van der Waals surface area contributed by atoms with Gasteiger partial charge < -0.3 is 15.8 Å². The number of amides is 2. The molecule has 0 bridgehead atoms. The number of ether oxygens (including phenoxy) is 1. The third-order valence-corrected chi connectivity index (χ3v) is 3.88. The van der Waals surface area contributed by atoms with Gasteiger partial charge in [0.2, 0.25) is 5.91 Å². The molecule has 1 unspecified atom stereocenters. The molecule has 23 heavy (non-hydrogen) atoms. The Balaban J connectivity index is 1.93. The summed E-state index contributed by atoms with van der Waals surface area (Å²) in [6.45, 7) is 2.68. The van der Waals surface area contributed by atoms with Crippen LogP contribution in [0.4, 0.5) is 0 Å². The number of primary amides is 1. The standard InChI is InChI=1S/C15H18N4O3S/c1-2-22-12-5-3-10(4-6-12)7-11(14(16)20)8-17-15(21)13-9-18-19-23-13/h3-6,9,11H,2,7-8H2,1H3,(H2,16,20)(H,17,21). The highest BCUT2D eigenvalue weighted by Crippen LogP contribution is 2.15. The lowest BCUT2D eigenvalue weighted by Crippen LogP contribution is -2.37. The van der Waals surface area contributed by atoms with Crippen LogP contribution in [0, 0.1) is 5.92 Å². The average molecular weight is 334 g/mol. The smallest absolute Gasteiger partial charge is 0.264 e. The van der Waals surface area contributed by atoms with Gasteiger partial charge in [-0.25, -0.2) is 0 Å². The molecule has 3 N–H and O–H groups in total. The Hall–Kier alpha value is -2.48. The van der Waals surface area contributed by atoms with Crippen molar-refractivity contribution < 1.29 is 14.3 Å². The quantitative estimate of drug-likeness (QED) is 0.749. The molecule has 0 radical (unpaired) electrons. The van der Waals surface area contributed by atoms with Gasteiger partial charge in [0.1, 0.15) is 10.6 Å². The molecule has 0 aliphatic rings. The number of carbonyl (C=O) groups excluding carboxylic acids is 2. The van der Waals surface area contributed by atoms with Crippen molar-refractivity contribution in [3.05, 3.63) is 40.9 Å². The summed E-state index contributed by atoms with van der Waals surface area (Å²) < 4.78 is 9.00. The summed E-state index contributed by atoms with van der Waals surface area (Å²) in [4.78, 5) is 23.8. The Bertz CT molecular complexity index is 643. The molecule has 7 nitrogen and oxygen atoms in total. The highest BCUT2D eigenvalue weighted by Gasteiger charge is 2.18. The summed E-state index contributed by atoms with van der Waals surface area (Å²) in [7, 11) is 0. The van der Waals surface area contributed by atoms with Crippen LogP contribution in [-0.4, -0.2) is 34.6 Å². The van der Waals surface area contributed by atoms with E-state index in [1.807, 2.05) is 31.2 Å². The largest absolute Gasteiger partial charge is 0.494 e. The fraction of sp³-hybridized carbons (Fsp3) is 0.333. The van der Waals surface area contributed by atoms with Crippen molar-refractivity contribution in [3.63, 3.8) is 0 Å². The van der Waals surface area contributed by atoms with Gasteiger partial charge in [-0.15, -0.1) is 5.10 Å². The number of nitrogens with zero attached hydrogens (tertiary/aromatic N) is 2. The van der Waals surface area contributed by atoms with Crippen LogP contribution in [0.3, 0.4) is 0 Å². The lowest BCUT2D eigenvalue weighted by atomic mass is 9.98. The minimum absolute atomic E-state index is 0.166. The monoisotopic (exact) mass is 334 g/mol. The third-order valence-electron chi connectivity index (χ3n) is 3.21. The molecule has 1 aromatic heterocycles. The second-order valence-electron chi connectivity index (χ2n) is 4.87. The molecule has 1 heterocycles. The molecule has 0 saturated heterocycles. The highest BCUT2D eigenvalue weighted by molar-refractivity contribution is 7.07. The lowest BCUT2D eigenvalue weighted by molar-refractivity contribution is -0.121. The first-order chi connectivity index (χ1) is 11.1. The molecule has 2 aromatic rings. The van der Waals surface area contributed by atoms with Gasteiger partial charge in [0.15, 0.2) is 0 Å². The molecule has 0 aliphatic carbocycles. The minimum atomic E-state index is -0.488. The second kappa shape index (κ2) is 8.23. The number of benzene rings is 1. The van der Waals surface area contributed by atoms with Gasteiger partial charge in [-0.1, -0.05) is 16.6 Å². The van der Waals surface area contributed by atoms with Crippen molar-refractivity contribution in [1.82, 2.24) is 14.9 Å². The van der Waals surface area contributed by atoms with Crippen LogP contribution in [-0.2, 0) is 11.2 Å². The number of carbonyl (C=O) groups is 2.